The predicted octanol–water partition coefficient (Wildman–Crippen LogP) is 3.81. The van der Waals surface area contributed by atoms with E-state index in [1.807, 2.05) is 13.0 Å². The molecule has 0 heterocycles. The monoisotopic (exact) mass is 361 g/mol. The summed E-state index contributed by atoms with van der Waals surface area (Å²) in [6.07, 6.45) is 0. The maximum atomic E-state index is 11.9. The van der Waals surface area contributed by atoms with Crippen LogP contribution in [0.1, 0.15) is 12.5 Å². The lowest BCUT2D eigenvalue weighted by atomic mass is 10.2. The van der Waals surface area contributed by atoms with Gasteiger partial charge in [0, 0.05) is 23.3 Å². The number of nitrogens with one attached hydrogen (secondary N) is 3. The third-order valence-electron chi connectivity index (χ3n) is 3.28. The van der Waals surface area contributed by atoms with Crippen LogP contribution in [0.3, 0.4) is 0 Å². The van der Waals surface area contributed by atoms with Crippen molar-refractivity contribution in [1.82, 2.24) is 5.32 Å². The zero-order valence-electron chi connectivity index (χ0n) is 14.1. The van der Waals surface area contributed by atoms with Gasteiger partial charge in [-0.05, 0) is 48.9 Å². The Hall–Kier alpha value is -2.73. The second-order valence-electron chi connectivity index (χ2n) is 5.39. The van der Waals surface area contributed by atoms with Crippen LogP contribution in [0.4, 0.5) is 16.2 Å². The molecule has 0 aromatic heterocycles. The van der Waals surface area contributed by atoms with E-state index in [1.54, 1.807) is 36.4 Å². The van der Waals surface area contributed by atoms with Gasteiger partial charge in [0.15, 0.2) is 0 Å². The van der Waals surface area contributed by atoms with Gasteiger partial charge in [-0.15, -0.1) is 0 Å². The Balaban J connectivity index is 1.78. The molecular formula is C18H20ClN3O3. The topological polar surface area (TPSA) is 79.5 Å². The van der Waals surface area contributed by atoms with Crippen molar-refractivity contribution >= 4 is 34.9 Å². The highest BCUT2D eigenvalue weighted by Crippen LogP contribution is 2.20. The average molecular weight is 362 g/mol. The summed E-state index contributed by atoms with van der Waals surface area (Å²) in [6.45, 7) is 4.00. The zero-order valence-corrected chi connectivity index (χ0v) is 14.8. The molecule has 0 saturated carbocycles. The van der Waals surface area contributed by atoms with E-state index in [-0.39, 0.29) is 11.9 Å². The second kappa shape index (κ2) is 8.94. The van der Waals surface area contributed by atoms with E-state index in [4.69, 9.17) is 16.3 Å². The zero-order chi connectivity index (χ0) is 18.2. The normalized spacial score (nSPS) is 10.0. The molecule has 0 bridgehead atoms. The first-order chi connectivity index (χ1) is 11.9. The molecule has 132 valence electrons. The van der Waals surface area contributed by atoms with Crippen LogP contribution in [-0.4, -0.2) is 25.1 Å². The highest BCUT2D eigenvalue weighted by Gasteiger charge is 2.05. The lowest BCUT2D eigenvalue weighted by Gasteiger charge is -2.12. The lowest BCUT2D eigenvalue weighted by Crippen LogP contribution is -2.32. The second-order valence-corrected chi connectivity index (χ2v) is 5.83. The van der Waals surface area contributed by atoms with Gasteiger partial charge in [0.05, 0.1) is 6.54 Å². The smallest absolute Gasteiger partial charge is 0.319 e. The first-order valence-corrected chi connectivity index (χ1v) is 8.13. The van der Waals surface area contributed by atoms with Gasteiger partial charge in [-0.3, -0.25) is 4.79 Å². The molecule has 6 nitrogen and oxygen atoms in total. The molecule has 2 aromatic carbocycles. The number of amides is 3. The highest BCUT2D eigenvalue weighted by molar-refractivity contribution is 6.30. The molecule has 0 aliphatic rings. The number of aryl methyl sites for hydroxylation is 1. The van der Waals surface area contributed by atoms with Crippen LogP contribution in [0.25, 0.3) is 0 Å². The number of rotatable bonds is 6. The number of urea groups is 1. The van der Waals surface area contributed by atoms with Gasteiger partial charge in [0.1, 0.15) is 12.4 Å². The summed E-state index contributed by atoms with van der Waals surface area (Å²) >= 11 is 5.80. The summed E-state index contributed by atoms with van der Waals surface area (Å²) in [7, 11) is 0. The highest BCUT2D eigenvalue weighted by atomic mass is 35.5. The Morgan fingerprint density at radius 1 is 1.08 bits per heavy atom. The molecule has 0 fully saturated rings. The third kappa shape index (κ3) is 6.35. The molecule has 3 amide bonds. The van der Waals surface area contributed by atoms with Gasteiger partial charge >= 0.3 is 6.03 Å². The van der Waals surface area contributed by atoms with Crippen molar-refractivity contribution in [1.29, 1.82) is 0 Å². The fraction of sp³-hybridized carbons (Fsp3) is 0.222. The number of benzene rings is 2. The van der Waals surface area contributed by atoms with Crippen LogP contribution in [0, 0.1) is 6.92 Å². The summed E-state index contributed by atoms with van der Waals surface area (Å²) in [6, 6.07) is 12.0. The van der Waals surface area contributed by atoms with E-state index in [9.17, 15) is 9.59 Å². The van der Waals surface area contributed by atoms with E-state index >= 15 is 0 Å². The Morgan fingerprint density at radius 2 is 1.80 bits per heavy atom. The minimum atomic E-state index is -0.350. The van der Waals surface area contributed by atoms with Gasteiger partial charge in [-0.25, -0.2) is 4.79 Å². The van der Waals surface area contributed by atoms with Crippen molar-refractivity contribution in [2.24, 2.45) is 0 Å². The predicted molar refractivity (Wildman–Crippen MR) is 99.5 cm³/mol. The quantitative estimate of drug-likeness (QED) is 0.684. The van der Waals surface area contributed by atoms with Crippen LogP contribution < -0.4 is 20.7 Å². The Labute approximate surface area is 151 Å². The molecule has 0 atom stereocenters. The summed E-state index contributed by atoms with van der Waals surface area (Å²) in [5.41, 5.74) is 2.17. The van der Waals surface area contributed by atoms with Gasteiger partial charge < -0.3 is 20.7 Å². The molecule has 25 heavy (non-hydrogen) atoms. The molecule has 0 aliphatic heterocycles. The van der Waals surface area contributed by atoms with Crippen molar-refractivity contribution in [2.45, 2.75) is 13.8 Å². The van der Waals surface area contributed by atoms with Crippen LogP contribution in [0.5, 0.6) is 5.75 Å². The first kappa shape index (κ1) is 18.6. The fourth-order valence-corrected chi connectivity index (χ4v) is 2.19. The Bertz CT molecular complexity index is 748. The number of hydrogen-bond donors (Lipinski definition) is 3. The first-order valence-electron chi connectivity index (χ1n) is 7.75. The minimum absolute atomic E-state index is 0.163. The third-order valence-corrected chi connectivity index (χ3v) is 3.53. The molecule has 0 saturated heterocycles. The van der Waals surface area contributed by atoms with Crippen LogP contribution in [0.2, 0.25) is 5.02 Å². The van der Waals surface area contributed by atoms with Crippen molar-refractivity contribution in [2.75, 3.05) is 23.8 Å². The standard InChI is InChI=1S/C18H20ClN3O3/c1-12-3-6-15(11-17(12)21-13(2)23)22-18(24)20-9-10-25-16-7-4-14(19)5-8-16/h3-8,11H,9-10H2,1-2H3,(H,21,23)(H2,20,22,24). The maximum Gasteiger partial charge on any atom is 0.319 e. The molecule has 0 spiro atoms. The molecular weight excluding hydrogens is 342 g/mol. The van der Waals surface area contributed by atoms with Crippen molar-refractivity contribution < 1.29 is 14.3 Å². The number of hydrogen-bond acceptors (Lipinski definition) is 3. The molecule has 0 unspecified atom stereocenters. The van der Waals surface area contributed by atoms with Gasteiger partial charge in [0.25, 0.3) is 0 Å². The largest absolute Gasteiger partial charge is 0.492 e. The Morgan fingerprint density at radius 3 is 2.48 bits per heavy atom. The SMILES string of the molecule is CC(=O)Nc1cc(NC(=O)NCCOc2ccc(Cl)cc2)ccc1C. The molecule has 0 radical (unpaired) electrons. The van der Waals surface area contributed by atoms with Gasteiger partial charge in [-0.1, -0.05) is 17.7 Å². The number of halogens is 1. The summed E-state index contributed by atoms with van der Waals surface area (Å²) in [5.74, 6) is 0.522. The maximum absolute atomic E-state index is 11.9. The van der Waals surface area contributed by atoms with Crippen molar-refractivity contribution in [3.8, 4) is 5.75 Å². The minimum Gasteiger partial charge on any atom is -0.492 e. The van der Waals surface area contributed by atoms with E-state index in [2.05, 4.69) is 16.0 Å². The van der Waals surface area contributed by atoms with Gasteiger partial charge in [-0.2, -0.15) is 0 Å². The number of carbonyl (C=O) groups is 2. The number of anilines is 2. The van der Waals surface area contributed by atoms with E-state index in [0.29, 0.717) is 35.3 Å². The summed E-state index contributed by atoms with van der Waals surface area (Å²) < 4.78 is 5.49. The fourth-order valence-electron chi connectivity index (χ4n) is 2.06. The average Bonchev–Trinajstić information content (AvgIpc) is 2.56. The summed E-state index contributed by atoms with van der Waals surface area (Å²) in [5, 5.41) is 8.78. The molecule has 2 rings (SSSR count). The number of carbonyl (C=O) groups excluding carboxylic acids is 2. The molecule has 2 aromatic rings. The van der Waals surface area contributed by atoms with Crippen LogP contribution in [-0.2, 0) is 4.79 Å². The van der Waals surface area contributed by atoms with Crippen LogP contribution in [0.15, 0.2) is 42.5 Å². The number of ether oxygens (including phenoxy) is 1. The summed E-state index contributed by atoms with van der Waals surface area (Å²) in [4.78, 5) is 23.1. The molecule has 7 heteroatoms. The lowest BCUT2D eigenvalue weighted by molar-refractivity contribution is -0.114. The van der Waals surface area contributed by atoms with Crippen LogP contribution >= 0.6 is 11.6 Å². The van der Waals surface area contributed by atoms with Gasteiger partial charge in [0.2, 0.25) is 5.91 Å². The Kier molecular flexibility index (Phi) is 6.65. The molecule has 0 aliphatic carbocycles. The van der Waals surface area contributed by atoms with Crippen molar-refractivity contribution in [3.63, 3.8) is 0 Å². The van der Waals surface area contributed by atoms with Crippen molar-refractivity contribution in [3.05, 3.63) is 53.1 Å². The van der Waals surface area contributed by atoms with E-state index in [1.165, 1.54) is 6.92 Å². The molecule has 3 N–H and O–H groups in total. The van der Waals surface area contributed by atoms with E-state index in [0.717, 1.165) is 5.56 Å². The van der Waals surface area contributed by atoms with E-state index < -0.39 is 0 Å².